The Labute approximate surface area is 109 Å². The molecule has 0 bridgehead atoms. The Kier molecular flexibility index (Phi) is 9.58. The van der Waals surface area contributed by atoms with Crippen molar-refractivity contribution in [2.75, 3.05) is 19.6 Å². The molecule has 5 nitrogen and oxygen atoms in total. The van der Waals surface area contributed by atoms with E-state index in [1.54, 1.807) is 12.2 Å². The van der Waals surface area contributed by atoms with Gasteiger partial charge < -0.3 is 16.3 Å². The maximum atomic E-state index is 11.1. The van der Waals surface area contributed by atoms with E-state index in [1.165, 1.54) is 0 Å². The zero-order valence-electron chi connectivity index (χ0n) is 10.9. The molecule has 0 unspecified atom stereocenters. The molecule has 0 aromatic rings. The lowest BCUT2D eigenvalue weighted by molar-refractivity contribution is -0.112. The van der Waals surface area contributed by atoms with Gasteiger partial charge in [0.1, 0.15) is 6.29 Å². The van der Waals surface area contributed by atoms with Gasteiger partial charge in [-0.2, -0.15) is 0 Å². The molecule has 0 rings (SSSR count). The van der Waals surface area contributed by atoms with Crippen LogP contribution in [0.4, 0.5) is 0 Å². The predicted molar refractivity (Wildman–Crippen MR) is 76.3 cm³/mol. The molecule has 0 aliphatic carbocycles. The third kappa shape index (κ3) is 7.62. The second kappa shape index (κ2) is 10.5. The molecule has 0 saturated carbocycles. The van der Waals surface area contributed by atoms with Crippen molar-refractivity contribution in [2.24, 2.45) is 16.5 Å². The van der Waals surface area contributed by atoms with Crippen LogP contribution in [0.5, 0.6) is 0 Å². The summed E-state index contributed by atoms with van der Waals surface area (Å²) in [7, 11) is 0. The molecule has 0 aromatic heterocycles. The fraction of sp³-hybridized carbons (Fsp3) is 0.538. The van der Waals surface area contributed by atoms with Gasteiger partial charge in [-0.05, 0) is 19.3 Å². The summed E-state index contributed by atoms with van der Waals surface area (Å²) in [5.74, 6) is 0.113. The summed E-state index contributed by atoms with van der Waals surface area (Å²) in [4.78, 5) is 17.0. The normalized spacial score (nSPS) is 11.8. The number of aliphatic imine (C=N–C) groups is 1. The van der Waals surface area contributed by atoms with E-state index in [0.717, 1.165) is 25.5 Å². The SMILES string of the molecule is C=CCN(CC=C)[C@H](C=O)CCCCN=C(N)N. The molecule has 0 aliphatic rings. The number of hydrogen-bond acceptors (Lipinski definition) is 3. The number of hydrogen-bond donors (Lipinski definition) is 2. The minimum absolute atomic E-state index is 0.0970. The summed E-state index contributed by atoms with van der Waals surface area (Å²) in [6.45, 7) is 9.36. The molecule has 0 aromatic carbocycles. The molecule has 0 amide bonds. The average Bonchev–Trinajstić information content (AvgIpc) is 2.33. The van der Waals surface area contributed by atoms with Crippen LogP contribution in [0.3, 0.4) is 0 Å². The standard InChI is InChI=1S/C13H24N4O/c1-3-9-17(10-4-2)12(11-18)7-5-6-8-16-13(14)15/h3-4,11-12H,1-2,5-10H2,(H4,14,15,16)/t12-/m0/s1. The van der Waals surface area contributed by atoms with Crippen LogP contribution in [0, 0.1) is 0 Å². The lowest BCUT2D eigenvalue weighted by Gasteiger charge is -2.25. The summed E-state index contributed by atoms with van der Waals surface area (Å²) in [6.07, 6.45) is 7.14. The second-order valence-corrected chi connectivity index (χ2v) is 4.04. The molecule has 4 N–H and O–H groups in total. The molecule has 0 radical (unpaired) electrons. The molecule has 18 heavy (non-hydrogen) atoms. The highest BCUT2D eigenvalue weighted by Crippen LogP contribution is 2.07. The molecule has 102 valence electrons. The van der Waals surface area contributed by atoms with Gasteiger partial charge in [0.05, 0.1) is 6.04 Å². The van der Waals surface area contributed by atoms with Gasteiger partial charge in [-0.3, -0.25) is 9.89 Å². The maximum Gasteiger partial charge on any atom is 0.185 e. The largest absolute Gasteiger partial charge is 0.370 e. The fourth-order valence-electron chi connectivity index (χ4n) is 1.69. The smallest absolute Gasteiger partial charge is 0.185 e. The van der Waals surface area contributed by atoms with E-state index in [1.807, 2.05) is 4.90 Å². The summed E-state index contributed by atoms with van der Waals surface area (Å²) in [6, 6.07) is -0.0970. The van der Waals surface area contributed by atoms with Crippen molar-refractivity contribution in [3.8, 4) is 0 Å². The van der Waals surface area contributed by atoms with Crippen molar-refractivity contribution in [1.29, 1.82) is 0 Å². The Morgan fingerprint density at radius 3 is 2.28 bits per heavy atom. The monoisotopic (exact) mass is 252 g/mol. The van der Waals surface area contributed by atoms with Crippen LogP contribution in [0.15, 0.2) is 30.3 Å². The number of carbonyl (C=O) groups excluding carboxylic acids is 1. The molecule has 0 aliphatic heterocycles. The Balaban J connectivity index is 4.06. The lowest BCUT2D eigenvalue weighted by Crippen LogP contribution is -2.36. The summed E-state index contributed by atoms with van der Waals surface area (Å²) >= 11 is 0. The Morgan fingerprint density at radius 1 is 1.22 bits per heavy atom. The van der Waals surface area contributed by atoms with Gasteiger partial charge in [-0.15, -0.1) is 13.2 Å². The van der Waals surface area contributed by atoms with E-state index in [4.69, 9.17) is 11.5 Å². The zero-order valence-corrected chi connectivity index (χ0v) is 10.9. The van der Waals surface area contributed by atoms with E-state index in [0.29, 0.717) is 19.6 Å². The van der Waals surface area contributed by atoms with Crippen LogP contribution in [0.1, 0.15) is 19.3 Å². The third-order valence-electron chi connectivity index (χ3n) is 2.56. The minimum atomic E-state index is -0.0970. The maximum absolute atomic E-state index is 11.1. The first-order valence-electron chi connectivity index (χ1n) is 6.12. The van der Waals surface area contributed by atoms with Gasteiger partial charge in [-0.1, -0.05) is 12.2 Å². The Morgan fingerprint density at radius 2 is 1.83 bits per heavy atom. The van der Waals surface area contributed by atoms with E-state index < -0.39 is 0 Å². The van der Waals surface area contributed by atoms with Crippen LogP contribution >= 0.6 is 0 Å². The van der Waals surface area contributed by atoms with Crippen molar-refractivity contribution in [1.82, 2.24) is 4.90 Å². The molecule has 1 atom stereocenters. The number of nitrogens with two attached hydrogens (primary N) is 2. The van der Waals surface area contributed by atoms with Gasteiger partial charge >= 0.3 is 0 Å². The highest BCUT2D eigenvalue weighted by atomic mass is 16.1. The highest BCUT2D eigenvalue weighted by molar-refractivity contribution is 5.75. The van der Waals surface area contributed by atoms with E-state index in [2.05, 4.69) is 18.2 Å². The van der Waals surface area contributed by atoms with E-state index in [-0.39, 0.29) is 12.0 Å². The van der Waals surface area contributed by atoms with Crippen molar-refractivity contribution >= 4 is 12.2 Å². The van der Waals surface area contributed by atoms with Crippen LogP contribution in [-0.4, -0.2) is 42.8 Å². The van der Waals surface area contributed by atoms with E-state index >= 15 is 0 Å². The van der Waals surface area contributed by atoms with Crippen LogP contribution in [0.25, 0.3) is 0 Å². The Bertz CT molecular complexity index is 275. The molecular weight excluding hydrogens is 228 g/mol. The van der Waals surface area contributed by atoms with Gasteiger partial charge in [-0.25, -0.2) is 0 Å². The molecule has 5 heteroatoms. The van der Waals surface area contributed by atoms with Gasteiger partial charge in [0.2, 0.25) is 0 Å². The number of guanidine groups is 1. The first-order chi connectivity index (χ1) is 8.65. The van der Waals surface area contributed by atoms with Crippen molar-refractivity contribution in [2.45, 2.75) is 25.3 Å². The van der Waals surface area contributed by atoms with Crippen LogP contribution < -0.4 is 11.5 Å². The topological polar surface area (TPSA) is 84.7 Å². The van der Waals surface area contributed by atoms with Crippen LogP contribution in [0.2, 0.25) is 0 Å². The van der Waals surface area contributed by atoms with Gasteiger partial charge in [0.15, 0.2) is 5.96 Å². The van der Waals surface area contributed by atoms with Gasteiger partial charge in [0.25, 0.3) is 0 Å². The minimum Gasteiger partial charge on any atom is -0.370 e. The number of carbonyl (C=O) groups is 1. The summed E-state index contributed by atoms with van der Waals surface area (Å²) in [5, 5.41) is 0. The fourth-order valence-corrected chi connectivity index (χ4v) is 1.69. The average molecular weight is 252 g/mol. The molecule has 0 heterocycles. The number of nitrogens with zero attached hydrogens (tertiary/aromatic N) is 2. The summed E-state index contributed by atoms with van der Waals surface area (Å²) < 4.78 is 0. The summed E-state index contributed by atoms with van der Waals surface area (Å²) in [5.41, 5.74) is 10.5. The molecule has 0 spiro atoms. The second-order valence-electron chi connectivity index (χ2n) is 4.04. The molecule has 0 saturated heterocycles. The number of aldehydes is 1. The van der Waals surface area contributed by atoms with Crippen molar-refractivity contribution in [3.05, 3.63) is 25.3 Å². The Hall–Kier alpha value is -1.62. The van der Waals surface area contributed by atoms with E-state index in [9.17, 15) is 4.79 Å². The highest BCUT2D eigenvalue weighted by Gasteiger charge is 2.14. The number of unbranched alkanes of at least 4 members (excludes halogenated alkanes) is 1. The first kappa shape index (κ1) is 16.4. The zero-order chi connectivity index (χ0) is 13.8. The van der Waals surface area contributed by atoms with Crippen molar-refractivity contribution in [3.63, 3.8) is 0 Å². The first-order valence-corrected chi connectivity index (χ1v) is 6.12. The quantitative estimate of drug-likeness (QED) is 0.186. The molecule has 0 fully saturated rings. The van der Waals surface area contributed by atoms with Crippen molar-refractivity contribution < 1.29 is 4.79 Å². The van der Waals surface area contributed by atoms with Crippen LogP contribution in [-0.2, 0) is 4.79 Å². The lowest BCUT2D eigenvalue weighted by atomic mass is 10.1. The predicted octanol–water partition coefficient (Wildman–Crippen LogP) is 0.672. The third-order valence-corrected chi connectivity index (χ3v) is 2.56. The number of rotatable bonds is 11. The van der Waals surface area contributed by atoms with Gasteiger partial charge in [0, 0.05) is 19.6 Å². The molecular formula is C13H24N4O.